The third kappa shape index (κ3) is 3.13. The fourth-order valence-electron chi connectivity index (χ4n) is 2.14. The molecule has 1 aliphatic rings. The summed E-state index contributed by atoms with van der Waals surface area (Å²) in [5.74, 6) is 1.66. The van der Waals surface area contributed by atoms with Crippen molar-refractivity contribution in [3.8, 4) is 0 Å². The SMILES string of the molecule is CC(O)c1cccc(S(=O)(=O)N2CCSCC2C)c1. The van der Waals surface area contributed by atoms with Crippen LogP contribution in [-0.4, -0.2) is 41.9 Å². The van der Waals surface area contributed by atoms with Gasteiger partial charge in [-0.3, -0.25) is 0 Å². The van der Waals surface area contributed by atoms with E-state index in [-0.39, 0.29) is 10.9 Å². The highest BCUT2D eigenvalue weighted by atomic mass is 32.2. The minimum Gasteiger partial charge on any atom is -0.389 e. The first-order chi connectivity index (χ1) is 8.93. The van der Waals surface area contributed by atoms with Crippen LogP contribution in [0, 0.1) is 0 Å². The molecule has 0 aromatic heterocycles. The van der Waals surface area contributed by atoms with Crippen molar-refractivity contribution in [1.29, 1.82) is 0 Å². The zero-order chi connectivity index (χ0) is 14.0. The van der Waals surface area contributed by atoms with Crippen LogP contribution in [0.25, 0.3) is 0 Å². The average molecular weight is 301 g/mol. The van der Waals surface area contributed by atoms with Gasteiger partial charge >= 0.3 is 0 Å². The topological polar surface area (TPSA) is 57.6 Å². The molecule has 1 N–H and O–H groups in total. The molecule has 4 nitrogen and oxygen atoms in total. The van der Waals surface area contributed by atoms with Gasteiger partial charge in [0.25, 0.3) is 0 Å². The number of aliphatic hydroxyl groups is 1. The summed E-state index contributed by atoms with van der Waals surface area (Å²) >= 11 is 1.78. The zero-order valence-electron chi connectivity index (χ0n) is 11.1. The van der Waals surface area contributed by atoms with E-state index in [0.717, 1.165) is 11.5 Å². The van der Waals surface area contributed by atoms with E-state index >= 15 is 0 Å². The Balaban J connectivity index is 2.36. The standard InChI is InChI=1S/C13H19NO3S2/c1-10-9-18-7-6-14(10)19(16,17)13-5-3-4-12(8-13)11(2)15/h3-5,8,10-11,15H,6-7,9H2,1-2H3. The molecule has 1 aliphatic heterocycles. The molecule has 0 spiro atoms. The van der Waals surface area contributed by atoms with Gasteiger partial charge in [0.2, 0.25) is 10.0 Å². The Morgan fingerprint density at radius 1 is 1.47 bits per heavy atom. The van der Waals surface area contributed by atoms with Crippen molar-refractivity contribution in [3.63, 3.8) is 0 Å². The monoisotopic (exact) mass is 301 g/mol. The van der Waals surface area contributed by atoms with Crippen LogP contribution in [0.1, 0.15) is 25.5 Å². The van der Waals surface area contributed by atoms with Gasteiger partial charge in [-0.1, -0.05) is 12.1 Å². The van der Waals surface area contributed by atoms with Crippen molar-refractivity contribution in [2.45, 2.75) is 30.9 Å². The minimum atomic E-state index is -3.46. The van der Waals surface area contributed by atoms with E-state index in [9.17, 15) is 13.5 Å². The quantitative estimate of drug-likeness (QED) is 0.926. The second-order valence-corrected chi connectivity index (χ2v) is 7.83. The molecule has 1 aromatic rings. The lowest BCUT2D eigenvalue weighted by Gasteiger charge is -2.32. The number of sulfonamides is 1. The van der Waals surface area contributed by atoms with E-state index in [1.54, 1.807) is 47.3 Å². The molecule has 19 heavy (non-hydrogen) atoms. The first-order valence-corrected chi connectivity index (χ1v) is 8.90. The largest absolute Gasteiger partial charge is 0.389 e. The smallest absolute Gasteiger partial charge is 0.243 e. The summed E-state index contributed by atoms with van der Waals surface area (Å²) in [6.45, 7) is 4.11. The zero-order valence-corrected chi connectivity index (χ0v) is 12.7. The van der Waals surface area contributed by atoms with Gasteiger partial charge in [-0.25, -0.2) is 8.42 Å². The molecule has 0 radical (unpaired) electrons. The maximum Gasteiger partial charge on any atom is 0.243 e. The molecular formula is C13H19NO3S2. The Kier molecular flexibility index (Phi) is 4.55. The van der Waals surface area contributed by atoms with Gasteiger partial charge in [0.05, 0.1) is 11.0 Å². The molecule has 0 saturated carbocycles. The molecule has 2 rings (SSSR count). The van der Waals surface area contributed by atoms with Crippen molar-refractivity contribution < 1.29 is 13.5 Å². The van der Waals surface area contributed by atoms with Crippen molar-refractivity contribution >= 4 is 21.8 Å². The Bertz CT molecular complexity index is 543. The first-order valence-electron chi connectivity index (χ1n) is 6.30. The highest BCUT2D eigenvalue weighted by molar-refractivity contribution is 7.99. The lowest BCUT2D eigenvalue weighted by Crippen LogP contribution is -2.44. The summed E-state index contributed by atoms with van der Waals surface area (Å²) in [5.41, 5.74) is 0.625. The Labute approximate surface area is 118 Å². The van der Waals surface area contributed by atoms with Gasteiger partial charge in [-0.2, -0.15) is 16.1 Å². The van der Waals surface area contributed by atoms with Crippen molar-refractivity contribution in [1.82, 2.24) is 4.31 Å². The fraction of sp³-hybridized carbons (Fsp3) is 0.538. The Morgan fingerprint density at radius 2 is 2.21 bits per heavy atom. The summed E-state index contributed by atoms with van der Waals surface area (Å²) in [5, 5.41) is 9.56. The second-order valence-electron chi connectivity index (χ2n) is 4.79. The fourth-order valence-corrected chi connectivity index (χ4v) is 5.05. The number of aliphatic hydroxyl groups excluding tert-OH is 1. The summed E-state index contributed by atoms with van der Waals surface area (Å²) in [7, 11) is -3.46. The van der Waals surface area contributed by atoms with Gasteiger partial charge < -0.3 is 5.11 Å². The molecule has 1 aromatic carbocycles. The van der Waals surface area contributed by atoms with E-state index in [0.29, 0.717) is 12.1 Å². The van der Waals surface area contributed by atoms with E-state index in [1.165, 1.54) is 0 Å². The molecular weight excluding hydrogens is 282 g/mol. The van der Waals surface area contributed by atoms with E-state index in [2.05, 4.69) is 0 Å². The summed E-state index contributed by atoms with van der Waals surface area (Å²) in [4.78, 5) is 0.268. The number of nitrogens with zero attached hydrogens (tertiary/aromatic N) is 1. The van der Waals surface area contributed by atoms with Gasteiger partial charge in [0, 0.05) is 24.1 Å². The van der Waals surface area contributed by atoms with E-state index in [1.807, 2.05) is 6.92 Å². The van der Waals surface area contributed by atoms with Crippen molar-refractivity contribution in [3.05, 3.63) is 29.8 Å². The molecule has 1 saturated heterocycles. The lowest BCUT2D eigenvalue weighted by atomic mass is 10.1. The second kappa shape index (κ2) is 5.83. The summed E-state index contributed by atoms with van der Waals surface area (Å²) in [6.07, 6.45) is -0.663. The molecule has 0 amide bonds. The van der Waals surface area contributed by atoms with Crippen LogP contribution >= 0.6 is 11.8 Å². The van der Waals surface area contributed by atoms with Crippen LogP contribution in [0.4, 0.5) is 0 Å². The van der Waals surface area contributed by atoms with Crippen LogP contribution in [0.3, 0.4) is 0 Å². The average Bonchev–Trinajstić information content (AvgIpc) is 2.39. The highest BCUT2D eigenvalue weighted by Gasteiger charge is 2.31. The molecule has 2 unspecified atom stereocenters. The van der Waals surface area contributed by atoms with Gasteiger partial charge in [-0.15, -0.1) is 0 Å². The lowest BCUT2D eigenvalue weighted by molar-refractivity contribution is 0.199. The predicted molar refractivity (Wildman–Crippen MR) is 77.8 cm³/mol. The molecule has 1 fully saturated rings. The molecule has 0 aliphatic carbocycles. The molecule has 2 atom stereocenters. The maximum absolute atomic E-state index is 12.6. The molecule has 0 bridgehead atoms. The minimum absolute atomic E-state index is 0.0129. The number of hydrogen-bond acceptors (Lipinski definition) is 4. The molecule has 106 valence electrons. The number of benzene rings is 1. The van der Waals surface area contributed by atoms with Crippen molar-refractivity contribution in [2.24, 2.45) is 0 Å². The van der Waals surface area contributed by atoms with Crippen molar-refractivity contribution in [2.75, 3.05) is 18.1 Å². The predicted octanol–water partition coefficient (Wildman–Crippen LogP) is 1.87. The third-order valence-corrected chi connectivity index (χ3v) is 6.45. The normalized spacial score (nSPS) is 23.2. The summed E-state index contributed by atoms with van der Waals surface area (Å²) in [6, 6.07) is 6.58. The van der Waals surface area contributed by atoms with Gasteiger partial charge in [-0.05, 0) is 31.5 Å². The number of hydrogen-bond donors (Lipinski definition) is 1. The first kappa shape index (κ1) is 14.8. The van der Waals surface area contributed by atoms with Gasteiger partial charge in [0.15, 0.2) is 0 Å². The van der Waals surface area contributed by atoms with Crippen LogP contribution < -0.4 is 0 Å². The third-order valence-electron chi connectivity index (χ3n) is 3.25. The van der Waals surface area contributed by atoms with Crippen LogP contribution in [0.2, 0.25) is 0 Å². The molecule has 1 heterocycles. The van der Waals surface area contributed by atoms with Crippen LogP contribution in [-0.2, 0) is 10.0 Å². The Hall–Kier alpha value is -0.560. The highest BCUT2D eigenvalue weighted by Crippen LogP contribution is 2.26. The van der Waals surface area contributed by atoms with Crippen LogP contribution in [0.5, 0.6) is 0 Å². The van der Waals surface area contributed by atoms with Gasteiger partial charge in [0.1, 0.15) is 0 Å². The summed E-state index contributed by atoms with van der Waals surface area (Å²) < 4.78 is 26.8. The van der Waals surface area contributed by atoms with E-state index in [4.69, 9.17) is 0 Å². The number of thioether (sulfide) groups is 1. The van der Waals surface area contributed by atoms with Crippen LogP contribution in [0.15, 0.2) is 29.2 Å². The number of rotatable bonds is 3. The molecule has 6 heteroatoms. The maximum atomic E-state index is 12.6. The Morgan fingerprint density at radius 3 is 2.84 bits per heavy atom. The van der Waals surface area contributed by atoms with E-state index < -0.39 is 16.1 Å².